The number of nitrogens with zero attached hydrogens (tertiary/aromatic N) is 1. The molecule has 2 aromatic carbocycles. The number of hydrogen-bond acceptors (Lipinski definition) is 3. The molecule has 2 aliphatic rings. The summed E-state index contributed by atoms with van der Waals surface area (Å²) >= 11 is 1.52. The van der Waals surface area contributed by atoms with E-state index >= 15 is 0 Å². The minimum absolute atomic E-state index is 0.0168. The zero-order chi connectivity index (χ0) is 15.2. The molecule has 2 aromatic rings. The van der Waals surface area contributed by atoms with Crippen molar-refractivity contribution in [3.05, 3.63) is 60.2 Å². The lowest BCUT2D eigenvalue weighted by Crippen LogP contribution is -2.54. The first-order valence-electron chi connectivity index (χ1n) is 7.16. The molecule has 0 aliphatic carbocycles. The normalized spacial score (nSPS) is 23.5. The lowest BCUT2D eigenvalue weighted by Gasteiger charge is -2.42. The molecule has 0 bridgehead atoms. The fourth-order valence-corrected chi connectivity index (χ4v) is 4.55. The van der Waals surface area contributed by atoms with Crippen molar-refractivity contribution in [3.8, 4) is 0 Å². The predicted molar refractivity (Wildman–Crippen MR) is 87.8 cm³/mol. The van der Waals surface area contributed by atoms with Gasteiger partial charge in [-0.15, -0.1) is 11.8 Å². The molecule has 4 rings (SSSR count). The van der Waals surface area contributed by atoms with Gasteiger partial charge in [0.1, 0.15) is 0 Å². The zero-order valence-corrected chi connectivity index (χ0v) is 12.6. The van der Waals surface area contributed by atoms with E-state index in [1.807, 2.05) is 54.6 Å². The third-order valence-corrected chi connectivity index (χ3v) is 5.47. The highest BCUT2D eigenvalue weighted by molar-refractivity contribution is 8.01. The number of benzene rings is 2. The second-order valence-electron chi connectivity index (χ2n) is 5.31. The van der Waals surface area contributed by atoms with Crippen molar-refractivity contribution in [2.45, 2.75) is 11.3 Å². The number of fused-ring (bicyclic) bond motifs is 2. The standard InChI is InChI=1S/C17H14N2O2S/c20-15-10-11-22-17(19(15)12-6-2-1-3-7-12)13-8-4-5-9-14(13)18-16(17)21/h1-9H,10-11H2,(H,18,21)/t17-/m0/s1. The van der Waals surface area contributed by atoms with Crippen LogP contribution in [0.25, 0.3) is 0 Å². The maximum atomic E-state index is 12.8. The number of carbonyl (C=O) groups is 2. The second-order valence-corrected chi connectivity index (χ2v) is 6.59. The molecule has 1 fully saturated rings. The first kappa shape index (κ1) is 13.4. The molecule has 5 heteroatoms. The van der Waals surface area contributed by atoms with Crippen LogP contribution in [0.3, 0.4) is 0 Å². The van der Waals surface area contributed by atoms with E-state index in [0.29, 0.717) is 12.2 Å². The zero-order valence-electron chi connectivity index (χ0n) is 11.8. The van der Waals surface area contributed by atoms with Gasteiger partial charge >= 0.3 is 0 Å². The molecule has 2 amide bonds. The minimum Gasteiger partial charge on any atom is -0.323 e. The quantitative estimate of drug-likeness (QED) is 0.881. The molecule has 22 heavy (non-hydrogen) atoms. The average Bonchev–Trinajstić information content (AvgIpc) is 2.81. The average molecular weight is 310 g/mol. The molecule has 1 atom stereocenters. The predicted octanol–water partition coefficient (Wildman–Crippen LogP) is 2.96. The van der Waals surface area contributed by atoms with Crippen molar-refractivity contribution in [1.82, 2.24) is 0 Å². The molecule has 2 aliphatic heterocycles. The van der Waals surface area contributed by atoms with Gasteiger partial charge in [0.25, 0.3) is 5.91 Å². The van der Waals surface area contributed by atoms with E-state index in [4.69, 9.17) is 0 Å². The Bertz CT molecular complexity index is 762. The number of hydrogen-bond donors (Lipinski definition) is 1. The third-order valence-electron chi connectivity index (χ3n) is 4.05. The smallest absolute Gasteiger partial charge is 0.266 e. The largest absolute Gasteiger partial charge is 0.323 e. The van der Waals surface area contributed by atoms with E-state index < -0.39 is 4.87 Å². The Morgan fingerprint density at radius 3 is 2.55 bits per heavy atom. The van der Waals surface area contributed by atoms with E-state index in [-0.39, 0.29) is 11.8 Å². The van der Waals surface area contributed by atoms with Crippen LogP contribution in [0.15, 0.2) is 54.6 Å². The molecule has 0 saturated carbocycles. The van der Waals surface area contributed by atoms with Gasteiger partial charge < -0.3 is 5.32 Å². The summed E-state index contributed by atoms with van der Waals surface area (Å²) in [5, 5.41) is 2.92. The molecular formula is C17H14N2O2S. The second kappa shape index (κ2) is 4.88. The van der Waals surface area contributed by atoms with Crippen molar-refractivity contribution in [1.29, 1.82) is 0 Å². The molecule has 1 saturated heterocycles. The van der Waals surface area contributed by atoms with E-state index in [1.165, 1.54) is 11.8 Å². The lowest BCUT2D eigenvalue weighted by molar-refractivity contribution is -0.124. The van der Waals surface area contributed by atoms with Crippen LogP contribution in [0, 0.1) is 0 Å². The van der Waals surface area contributed by atoms with Crippen molar-refractivity contribution >= 4 is 35.0 Å². The summed E-state index contributed by atoms with van der Waals surface area (Å²) in [5.74, 6) is 0.483. The van der Waals surface area contributed by atoms with Gasteiger partial charge in [0.05, 0.1) is 0 Å². The van der Waals surface area contributed by atoms with Gasteiger partial charge in [-0.25, -0.2) is 0 Å². The molecule has 1 spiro atoms. The molecular weight excluding hydrogens is 296 g/mol. The van der Waals surface area contributed by atoms with E-state index in [2.05, 4.69) is 5.32 Å². The van der Waals surface area contributed by atoms with Gasteiger partial charge in [-0.3, -0.25) is 14.5 Å². The van der Waals surface area contributed by atoms with Gasteiger partial charge in [-0.05, 0) is 18.2 Å². The van der Waals surface area contributed by atoms with E-state index in [9.17, 15) is 9.59 Å². The van der Waals surface area contributed by atoms with Crippen LogP contribution >= 0.6 is 11.8 Å². The summed E-state index contributed by atoms with van der Waals surface area (Å²) < 4.78 is 0. The Labute approximate surface area is 132 Å². The molecule has 0 aromatic heterocycles. The summed E-state index contributed by atoms with van der Waals surface area (Å²) in [6.45, 7) is 0. The van der Waals surface area contributed by atoms with Gasteiger partial charge in [0.2, 0.25) is 10.8 Å². The number of para-hydroxylation sites is 2. The minimum atomic E-state index is -0.993. The fourth-order valence-electron chi connectivity index (χ4n) is 3.12. The number of anilines is 2. The molecule has 1 N–H and O–H groups in total. The first-order chi connectivity index (χ1) is 10.7. The Balaban J connectivity index is 1.95. The van der Waals surface area contributed by atoms with Gasteiger partial charge in [0.15, 0.2) is 0 Å². The monoisotopic (exact) mass is 310 g/mol. The highest BCUT2D eigenvalue weighted by atomic mass is 32.2. The van der Waals surface area contributed by atoms with Crippen molar-refractivity contribution < 1.29 is 9.59 Å². The maximum Gasteiger partial charge on any atom is 0.266 e. The summed E-state index contributed by atoms with van der Waals surface area (Å²) in [7, 11) is 0. The van der Waals surface area contributed by atoms with Crippen molar-refractivity contribution in [3.63, 3.8) is 0 Å². The lowest BCUT2D eigenvalue weighted by atomic mass is 10.0. The number of nitrogens with one attached hydrogen (secondary N) is 1. The Morgan fingerprint density at radius 2 is 1.73 bits per heavy atom. The number of amides is 2. The molecule has 0 unspecified atom stereocenters. The van der Waals surface area contributed by atoms with Gasteiger partial charge in [-0.2, -0.15) is 0 Å². The summed E-state index contributed by atoms with van der Waals surface area (Å²) in [5.41, 5.74) is 2.41. The van der Waals surface area contributed by atoms with Gasteiger partial charge in [-0.1, -0.05) is 36.4 Å². The molecule has 4 nitrogen and oxygen atoms in total. The Morgan fingerprint density at radius 1 is 1.00 bits per heavy atom. The molecule has 110 valence electrons. The van der Waals surface area contributed by atoms with Crippen LogP contribution in [-0.4, -0.2) is 17.6 Å². The number of rotatable bonds is 1. The van der Waals surface area contributed by atoms with Crippen LogP contribution < -0.4 is 10.2 Å². The van der Waals surface area contributed by atoms with Crippen LogP contribution in [0.5, 0.6) is 0 Å². The van der Waals surface area contributed by atoms with Crippen molar-refractivity contribution in [2.75, 3.05) is 16.0 Å². The molecule has 0 radical (unpaired) electrons. The number of thioether (sulfide) groups is 1. The topological polar surface area (TPSA) is 49.4 Å². The van der Waals surface area contributed by atoms with Crippen molar-refractivity contribution in [2.24, 2.45) is 0 Å². The highest BCUT2D eigenvalue weighted by Gasteiger charge is 2.56. The Kier molecular flexibility index (Phi) is 2.97. The van der Waals surface area contributed by atoms with Crippen LogP contribution in [0.4, 0.5) is 11.4 Å². The fraction of sp³-hybridized carbons (Fsp3) is 0.176. The van der Waals surface area contributed by atoms with Crippen LogP contribution in [0.1, 0.15) is 12.0 Å². The highest BCUT2D eigenvalue weighted by Crippen LogP contribution is 2.52. The molecule has 2 heterocycles. The summed E-state index contributed by atoms with van der Waals surface area (Å²) in [6, 6.07) is 17.0. The maximum absolute atomic E-state index is 12.8. The van der Waals surface area contributed by atoms with Crippen LogP contribution in [0.2, 0.25) is 0 Å². The summed E-state index contributed by atoms with van der Waals surface area (Å²) in [6.07, 6.45) is 0.441. The van der Waals surface area contributed by atoms with Gasteiger partial charge in [0, 0.05) is 29.1 Å². The SMILES string of the molecule is O=C1CCS[C@@]2(C(=O)Nc3ccccc32)N1c1ccccc1. The van der Waals surface area contributed by atoms with E-state index in [0.717, 1.165) is 16.9 Å². The van der Waals surface area contributed by atoms with E-state index in [1.54, 1.807) is 4.90 Å². The summed E-state index contributed by atoms with van der Waals surface area (Å²) in [4.78, 5) is 26.1. The van der Waals surface area contributed by atoms with Crippen LogP contribution in [-0.2, 0) is 14.5 Å². The first-order valence-corrected chi connectivity index (χ1v) is 8.15. The number of carbonyl (C=O) groups excluding carboxylic acids is 2. The Hall–Kier alpha value is -2.27. The third kappa shape index (κ3) is 1.72.